The van der Waals surface area contributed by atoms with E-state index in [4.69, 9.17) is 9.47 Å². The summed E-state index contributed by atoms with van der Waals surface area (Å²) in [6.07, 6.45) is 1.21. The SMILES string of the molecule is CCCN1[C@@H]2COC[C@H]1CN(c1ccccc1OC)C2. The fourth-order valence-corrected chi connectivity index (χ4v) is 3.44. The molecule has 4 heteroatoms. The zero-order valence-electron chi connectivity index (χ0n) is 12.4. The van der Waals surface area contributed by atoms with Gasteiger partial charge in [-0.15, -0.1) is 0 Å². The van der Waals surface area contributed by atoms with Crippen molar-refractivity contribution in [2.75, 3.05) is 44.9 Å². The molecule has 4 nitrogen and oxygen atoms in total. The highest BCUT2D eigenvalue weighted by molar-refractivity contribution is 5.59. The molecule has 2 saturated heterocycles. The zero-order chi connectivity index (χ0) is 13.9. The molecule has 0 unspecified atom stereocenters. The van der Waals surface area contributed by atoms with E-state index in [-0.39, 0.29) is 0 Å². The molecule has 2 aliphatic heterocycles. The lowest BCUT2D eigenvalue weighted by Gasteiger charge is -2.50. The van der Waals surface area contributed by atoms with Gasteiger partial charge in [-0.05, 0) is 25.1 Å². The number of morpholine rings is 1. The Hall–Kier alpha value is -1.26. The van der Waals surface area contributed by atoms with Crippen molar-refractivity contribution in [1.82, 2.24) is 4.90 Å². The number of benzene rings is 1. The average Bonchev–Trinajstić information content (AvgIpc) is 2.47. The number of methoxy groups -OCH3 is 1. The fourth-order valence-electron chi connectivity index (χ4n) is 3.44. The Kier molecular flexibility index (Phi) is 4.13. The largest absolute Gasteiger partial charge is 0.495 e. The Morgan fingerprint density at radius 2 is 1.90 bits per heavy atom. The van der Waals surface area contributed by atoms with Gasteiger partial charge in [-0.25, -0.2) is 0 Å². The smallest absolute Gasteiger partial charge is 0.142 e. The summed E-state index contributed by atoms with van der Waals surface area (Å²) in [5.74, 6) is 0.968. The van der Waals surface area contributed by atoms with Gasteiger partial charge in [-0.2, -0.15) is 0 Å². The molecule has 2 heterocycles. The van der Waals surface area contributed by atoms with Crippen molar-refractivity contribution in [1.29, 1.82) is 0 Å². The molecule has 0 amide bonds. The molecule has 0 aliphatic carbocycles. The molecule has 0 aromatic heterocycles. The maximum Gasteiger partial charge on any atom is 0.142 e. The van der Waals surface area contributed by atoms with E-state index >= 15 is 0 Å². The van der Waals surface area contributed by atoms with Crippen LogP contribution in [0.3, 0.4) is 0 Å². The summed E-state index contributed by atoms with van der Waals surface area (Å²) in [6.45, 7) is 7.18. The predicted octanol–water partition coefficient (Wildman–Crippen LogP) is 1.99. The summed E-state index contributed by atoms with van der Waals surface area (Å²) < 4.78 is 11.3. The Bertz CT molecular complexity index is 438. The maximum absolute atomic E-state index is 5.75. The number of fused-ring (bicyclic) bond motifs is 2. The third kappa shape index (κ3) is 2.50. The second-order valence-electron chi connectivity index (χ2n) is 5.66. The average molecular weight is 276 g/mol. The third-order valence-electron chi connectivity index (χ3n) is 4.33. The lowest BCUT2D eigenvalue weighted by atomic mass is 10.0. The van der Waals surface area contributed by atoms with Crippen molar-refractivity contribution in [2.45, 2.75) is 25.4 Å². The Morgan fingerprint density at radius 3 is 2.55 bits per heavy atom. The van der Waals surface area contributed by atoms with Gasteiger partial charge in [0.15, 0.2) is 0 Å². The fraction of sp³-hybridized carbons (Fsp3) is 0.625. The highest BCUT2D eigenvalue weighted by Crippen LogP contribution is 2.32. The Morgan fingerprint density at radius 1 is 1.20 bits per heavy atom. The molecule has 0 spiro atoms. The zero-order valence-corrected chi connectivity index (χ0v) is 12.4. The minimum absolute atomic E-state index is 0.507. The molecule has 2 fully saturated rings. The number of ether oxygens (including phenoxy) is 2. The third-order valence-corrected chi connectivity index (χ3v) is 4.33. The van der Waals surface area contributed by atoms with E-state index in [1.54, 1.807) is 7.11 Å². The second-order valence-corrected chi connectivity index (χ2v) is 5.66. The van der Waals surface area contributed by atoms with Crippen molar-refractivity contribution in [3.8, 4) is 5.75 Å². The van der Waals surface area contributed by atoms with E-state index in [1.807, 2.05) is 12.1 Å². The summed E-state index contributed by atoms with van der Waals surface area (Å²) in [5.41, 5.74) is 1.21. The monoisotopic (exact) mass is 276 g/mol. The van der Waals surface area contributed by atoms with Crippen molar-refractivity contribution in [3.05, 3.63) is 24.3 Å². The highest BCUT2D eigenvalue weighted by atomic mass is 16.5. The number of hydrogen-bond donors (Lipinski definition) is 0. The number of piperazine rings is 1. The number of hydrogen-bond acceptors (Lipinski definition) is 4. The van der Waals surface area contributed by atoms with Gasteiger partial charge >= 0.3 is 0 Å². The molecule has 2 aliphatic rings. The number of anilines is 1. The predicted molar refractivity (Wildman–Crippen MR) is 80.6 cm³/mol. The van der Waals surface area contributed by atoms with Crippen LogP contribution >= 0.6 is 0 Å². The van der Waals surface area contributed by atoms with Gasteiger partial charge in [-0.3, -0.25) is 4.90 Å². The van der Waals surface area contributed by atoms with E-state index in [2.05, 4.69) is 28.9 Å². The molecule has 2 bridgehead atoms. The van der Waals surface area contributed by atoms with Crippen LogP contribution in [0.4, 0.5) is 5.69 Å². The number of rotatable bonds is 4. The van der Waals surface area contributed by atoms with Crippen LogP contribution in [-0.4, -0.2) is 56.9 Å². The standard InChI is InChI=1S/C16H24N2O2/c1-3-8-18-13-9-17(10-14(18)12-20-11-13)15-6-4-5-7-16(15)19-2/h4-7,13-14H,3,8-12H2,1-2H3/t13-,14+. The molecule has 110 valence electrons. The van der Waals surface area contributed by atoms with Gasteiger partial charge in [0.05, 0.1) is 38.1 Å². The van der Waals surface area contributed by atoms with Crippen molar-refractivity contribution >= 4 is 5.69 Å². The van der Waals surface area contributed by atoms with Crippen LogP contribution in [0.2, 0.25) is 0 Å². The lowest BCUT2D eigenvalue weighted by molar-refractivity contribution is -0.0573. The van der Waals surface area contributed by atoms with Crippen molar-refractivity contribution in [3.63, 3.8) is 0 Å². The quantitative estimate of drug-likeness (QED) is 0.840. The number of nitrogens with zero attached hydrogens (tertiary/aromatic N) is 2. The maximum atomic E-state index is 5.75. The number of para-hydroxylation sites is 2. The molecular weight excluding hydrogens is 252 g/mol. The Balaban J connectivity index is 1.81. The van der Waals surface area contributed by atoms with Gasteiger partial charge in [0.1, 0.15) is 5.75 Å². The molecule has 0 N–H and O–H groups in total. The first-order valence-corrected chi connectivity index (χ1v) is 7.55. The van der Waals surface area contributed by atoms with Gasteiger partial charge in [-0.1, -0.05) is 19.1 Å². The van der Waals surface area contributed by atoms with Crippen LogP contribution in [-0.2, 0) is 4.74 Å². The molecule has 3 rings (SSSR count). The minimum atomic E-state index is 0.507. The van der Waals surface area contributed by atoms with Crippen LogP contribution in [0, 0.1) is 0 Å². The molecule has 1 aromatic carbocycles. The Labute approximate surface area is 121 Å². The topological polar surface area (TPSA) is 24.9 Å². The van der Waals surface area contributed by atoms with E-state index < -0.39 is 0 Å². The highest BCUT2D eigenvalue weighted by Gasteiger charge is 2.38. The van der Waals surface area contributed by atoms with Crippen LogP contribution < -0.4 is 9.64 Å². The van der Waals surface area contributed by atoms with E-state index in [0.717, 1.165) is 32.1 Å². The molecule has 1 aromatic rings. The van der Waals surface area contributed by atoms with Crippen LogP contribution in [0.15, 0.2) is 24.3 Å². The summed E-state index contributed by atoms with van der Waals surface area (Å²) in [5, 5.41) is 0. The minimum Gasteiger partial charge on any atom is -0.495 e. The van der Waals surface area contributed by atoms with E-state index in [0.29, 0.717) is 12.1 Å². The van der Waals surface area contributed by atoms with Gasteiger partial charge < -0.3 is 14.4 Å². The first-order chi connectivity index (χ1) is 9.83. The van der Waals surface area contributed by atoms with Crippen LogP contribution in [0.25, 0.3) is 0 Å². The van der Waals surface area contributed by atoms with Crippen molar-refractivity contribution < 1.29 is 9.47 Å². The van der Waals surface area contributed by atoms with Crippen LogP contribution in [0.1, 0.15) is 13.3 Å². The summed E-state index contributed by atoms with van der Waals surface area (Å²) >= 11 is 0. The van der Waals surface area contributed by atoms with Gasteiger partial charge in [0.25, 0.3) is 0 Å². The van der Waals surface area contributed by atoms with Crippen molar-refractivity contribution in [2.24, 2.45) is 0 Å². The first-order valence-electron chi connectivity index (χ1n) is 7.55. The van der Waals surface area contributed by atoms with E-state index in [1.165, 1.54) is 18.7 Å². The lowest BCUT2D eigenvalue weighted by Crippen LogP contribution is -2.64. The second kappa shape index (κ2) is 6.02. The molecule has 0 saturated carbocycles. The first kappa shape index (κ1) is 13.7. The molecule has 0 radical (unpaired) electrons. The summed E-state index contributed by atoms with van der Waals surface area (Å²) in [4.78, 5) is 5.10. The van der Waals surface area contributed by atoms with E-state index in [9.17, 15) is 0 Å². The van der Waals surface area contributed by atoms with Crippen LogP contribution in [0.5, 0.6) is 5.75 Å². The van der Waals surface area contributed by atoms with Gasteiger partial charge in [0.2, 0.25) is 0 Å². The molecule has 20 heavy (non-hydrogen) atoms. The summed E-state index contributed by atoms with van der Waals surface area (Å²) in [7, 11) is 1.75. The van der Waals surface area contributed by atoms with Gasteiger partial charge in [0, 0.05) is 13.1 Å². The molecular formula is C16H24N2O2. The molecule has 2 atom stereocenters. The summed E-state index contributed by atoms with van der Waals surface area (Å²) in [6, 6.07) is 9.33. The normalized spacial score (nSPS) is 26.6.